The van der Waals surface area contributed by atoms with Crippen molar-refractivity contribution in [3.05, 3.63) is 64.7 Å². The highest BCUT2D eigenvalue weighted by Gasteiger charge is 2.38. The van der Waals surface area contributed by atoms with Gasteiger partial charge >= 0.3 is 12.4 Å². The summed E-state index contributed by atoms with van der Waals surface area (Å²) in [4.78, 5) is 26.1. The van der Waals surface area contributed by atoms with Crippen molar-refractivity contribution >= 4 is 17.5 Å². The van der Waals surface area contributed by atoms with Gasteiger partial charge in [0.1, 0.15) is 6.54 Å². The molecule has 2 rings (SSSR count). The molecule has 2 aromatic rings. The normalized spacial score (nSPS) is 11.9. The molecule has 0 aliphatic heterocycles. The van der Waals surface area contributed by atoms with Crippen molar-refractivity contribution in [2.45, 2.75) is 32.6 Å². The highest BCUT2D eigenvalue weighted by Crippen LogP contribution is 2.36. The first-order valence-electron chi connectivity index (χ1n) is 9.27. The van der Waals surface area contributed by atoms with Crippen LogP contribution in [0.5, 0.6) is 0 Å². The Morgan fingerprint density at radius 1 is 0.935 bits per heavy atom. The van der Waals surface area contributed by atoms with E-state index in [1.807, 2.05) is 0 Å². The Bertz CT molecular complexity index is 921. The highest BCUT2D eigenvalue weighted by atomic mass is 19.4. The molecule has 0 bridgehead atoms. The fourth-order valence-electron chi connectivity index (χ4n) is 2.86. The van der Waals surface area contributed by atoms with Crippen LogP contribution in [0.25, 0.3) is 0 Å². The molecule has 4 nitrogen and oxygen atoms in total. The van der Waals surface area contributed by atoms with Gasteiger partial charge in [-0.05, 0) is 43.2 Å². The Morgan fingerprint density at radius 2 is 1.48 bits per heavy atom. The monoisotopic (exact) mass is 446 g/mol. The van der Waals surface area contributed by atoms with Crippen molar-refractivity contribution in [3.63, 3.8) is 0 Å². The number of nitrogens with one attached hydrogen (secondary N) is 1. The van der Waals surface area contributed by atoms with Crippen LogP contribution in [-0.4, -0.2) is 29.8 Å². The van der Waals surface area contributed by atoms with Gasteiger partial charge in [-0.25, -0.2) is 0 Å². The summed E-state index contributed by atoms with van der Waals surface area (Å²) in [5, 5.41) is 2.58. The smallest absolute Gasteiger partial charge is 0.329 e. The van der Waals surface area contributed by atoms with Gasteiger partial charge in [0.25, 0.3) is 5.91 Å². The van der Waals surface area contributed by atoms with Gasteiger partial charge in [0.05, 0.1) is 11.1 Å². The Labute approximate surface area is 174 Å². The lowest BCUT2D eigenvalue weighted by Gasteiger charge is -2.23. The number of carbonyl (C=O) groups excluding carboxylic acids is 2. The van der Waals surface area contributed by atoms with E-state index in [4.69, 9.17) is 0 Å². The molecule has 1 N–H and O–H groups in total. The van der Waals surface area contributed by atoms with E-state index in [0.717, 1.165) is 10.5 Å². The first-order valence-corrected chi connectivity index (χ1v) is 9.27. The Kier molecular flexibility index (Phi) is 7.35. The molecule has 31 heavy (non-hydrogen) atoms. The number of halogens is 6. The Balaban J connectivity index is 2.34. The van der Waals surface area contributed by atoms with E-state index in [0.29, 0.717) is 24.2 Å². The molecule has 0 unspecified atom stereocenters. The second-order valence-electron chi connectivity index (χ2n) is 6.88. The van der Waals surface area contributed by atoms with E-state index < -0.39 is 47.4 Å². The Hall–Kier alpha value is -3.04. The summed E-state index contributed by atoms with van der Waals surface area (Å²) in [6.45, 7) is 2.84. The van der Waals surface area contributed by atoms with Crippen LogP contribution >= 0.6 is 0 Å². The first kappa shape index (κ1) is 24.2. The molecule has 168 valence electrons. The van der Waals surface area contributed by atoms with Crippen LogP contribution in [-0.2, 0) is 17.1 Å². The zero-order valence-electron chi connectivity index (χ0n) is 16.7. The van der Waals surface area contributed by atoms with Crippen molar-refractivity contribution in [2.75, 3.05) is 18.4 Å². The van der Waals surface area contributed by atoms with Gasteiger partial charge in [0.2, 0.25) is 5.91 Å². The SMILES string of the molecule is CCCN(CC(=O)Nc1ccccc1C)C(=O)c1cc(C(F)(F)F)cc(C(F)(F)F)c1. The summed E-state index contributed by atoms with van der Waals surface area (Å²) < 4.78 is 78.5. The number of hydrogen-bond acceptors (Lipinski definition) is 2. The van der Waals surface area contributed by atoms with Crippen molar-refractivity contribution in [1.82, 2.24) is 4.90 Å². The number of hydrogen-bond donors (Lipinski definition) is 1. The lowest BCUT2D eigenvalue weighted by molar-refractivity contribution is -0.143. The number of carbonyl (C=O) groups is 2. The number of rotatable bonds is 6. The molecule has 10 heteroatoms. The van der Waals surface area contributed by atoms with Crippen LogP contribution in [0, 0.1) is 6.92 Å². The van der Waals surface area contributed by atoms with Crippen LogP contribution in [0.1, 0.15) is 40.4 Å². The lowest BCUT2D eigenvalue weighted by atomic mass is 10.0. The van der Waals surface area contributed by atoms with Crippen molar-refractivity contribution in [2.24, 2.45) is 0 Å². The van der Waals surface area contributed by atoms with Gasteiger partial charge in [0, 0.05) is 17.8 Å². The van der Waals surface area contributed by atoms with E-state index in [1.54, 1.807) is 38.1 Å². The standard InChI is InChI=1S/C21H20F6N2O2/c1-3-8-29(12-18(30)28-17-7-5-4-6-13(17)2)19(31)14-9-15(20(22,23)24)11-16(10-14)21(25,26)27/h4-7,9-11H,3,8,12H2,1-2H3,(H,28,30). The predicted molar refractivity (Wildman–Crippen MR) is 102 cm³/mol. The maximum Gasteiger partial charge on any atom is 0.416 e. The number of anilines is 1. The van der Waals surface area contributed by atoms with Crippen LogP contribution in [0.2, 0.25) is 0 Å². The average molecular weight is 446 g/mol. The maximum atomic E-state index is 13.1. The highest BCUT2D eigenvalue weighted by molar-refractivity contribution is 5.99. The number of nitrogens with zero attached hydrogens (tertiary/aromatic N) is 1. The quantitative estimate of drug-likeness (QED) is 0.594. The van der Waals surface area contributed by atoms with Gasteiger partial charge in [-0.3, -0.25) is 9.59 Å². The summed E-state index contributed by atoms with van der Waals surface area (Å²) >= 11 is 0. The van der Waals surface area contributed by atoms with Gasteiger partial charge < -0.3 is 10.2 Å². The minimum absolute atomic E-state index is 0.0301. The van der Waals surface area contributed by atoms with Crippen molar-refractivity contribution < 1.29 is 35.9 Å². The third-order valence-corrected chi connectivity index (χ3v) is 4.37. The summed E-state index contributed by atoms with van der Waals surface area (Å²) in [7, 11) is 0. The second kappa shape index (κ2) is 9.40. The van der Waals surface area contributed by atoms with E-state index in [1.165, 1.54) is 0 Å². The zero-order chi connectivity index (χ0) is 23.4. The van der Waals surface area contributed by atoms with E-state index in [9.17, 15) is 35.9 Å². The molecule has 0 fully saturated rings. The number of amides is 2. The van der Waals surface area contributed by atoms with Gasteiger partial charge in [-0.15, -0.1) is 0 Å². The van der Waals surface area contributed by atoms with Crippen molar-refractivity contribution in [1.29, 1.82) is 0 Å². The summed E-state index contributed by atoms with van der Waals surface area (Å²) in [6.07, 6.45) is -9.81. The molecule has 0 atom stereocenters. The van der Waals surface area contributed by atoms with E-state index in [2.05, 4.69) is 5.32 Å². The fraction of sp³-hybridized carbons (Fsp3) is 0.333. The van der Waals surface area contributed by atoms with Crippen LogP contribution in [0.15, 0.2) is 42.5 Å². The number of para-hydroxylation sites is 1. The zero-order valence-corrected chi connectivity index (χ0v) is 16.7. The van der Waals surface area contributed by atoms with Gasteiger partial charge in [-0.1, -0.05) is 25.1 Å². The summed E-state index contributed by atoms with van der Waals surface area (Å²) in [5.74, 6) is -1.72. The molecule has 0 spiro atoms. The summed E-state index contributed by atoms with van der Waals surface area (Å²) in [6, 6.07) is 7.47. The van der Waals surface area contributed by atoms with Gasteiger partial charge in [0.15, 0.2) is 0 Å². The minimum Gasteiger partial charge on any atom is -0.329 e. The van der Waals surface area contributed by atoms with Crippen LogP contribution in [0.4, 0.5) is 32.0 Å². The molecular formula is C21H20F6N2O2. The molecular weight excluding hydrogens is 426 g/mol. The third-order valence-electron chi connectivity index (χ3n) is 4.37. The van der Waals surface area contributed by atoms with Crippen LogP contribution < -0.4 is 5.32 Å². The lowest BCUT2D eigenvalue weighted by Crippen LogP contribution is -2.38. The molecule has 0 heterocycles. The topological polar surface area (TPSA) is 49.4 Å². The maximum absolute atomic E-state index is 13.1. The van der Waals surface area contributed by atoms with Gasteiger partial charge in [-0.2, -0.15) is 26.3 Å². The first-order chi connectivity index (χ1) is 14.3. The number of benzene rings is 2. The molecule has 2 aromatic carbocycles. The third kappa shape index (κ3) is 6.47. The minimum atomic E-state index is -5.08. The van der Waals surface area contributed by atoms with E-state index in [-0.39, 0.29) is 12.6 Å². The van der Waals surface area contributed by atoms with Crippen molar-refractivity contribution in [3.8, 4) is 0 Å². The number of aryl methyl sites for hydroxylation is 1. The molecule has 0 saturated carbocycles. The Morgan fingerprint density at radius 3 is 1.97 bits per heavy atom. The molecule has 0 aliphatic rings. The van der Waals surface area contributed by atoms with Crippen LogP contribution in [0.3, 0.4) is 0 Å². The molecule has 2 amide bonds. The predicted octanol–water partition coefficient (Wildman–Crippen LogP) is 5.52. The molecule has 0 aromatic heterocycles. The largest absolute Gasteiger partial charge is 0.416 e. The molecule has 0 radical (unpaired) electrons. The summed E-state index contributed by atoms with van der Waals surface area (Å²) in [5.41, 5.74) is -2.75. The fourth-order valence-corrected chi connectivity index (χ4v) is 2.86. The molecule has 0 saturated heterocycles. The molecule has 0 aliphatic carbocycles. The second-order valence-corrected chi connectivity index (χ2v) is 6.88. The van der Waals surface area contributed by atoms with E-state index >= 15 is 0 Å². The average Bonchev–Trinajstić information content (AvgIpc) is 2.67. The number of alkyl halides is 6.